The lowest BCUT2D eigenvalue weighted by atomic mass is 10.1. The third-order valence-electron chi connectivity index (χ3n) is 3.58. The molecule has 0 saturated heterocycles. The minimum atomic E-state index is -3.00. The molecule has 0 fully saturated rings. The molecule has 0 unspecified atom stereocenters. The Labute approximate surface area is 167 Å². The van der Waals surface area contributed by atoms with E-state index >= 15 is 0 Å². The van der Waals surface area contributed by atoms with Crippen LogP contribution in [0, 0.1) is 11.3 Å². The van der Waals surface area contributed by atoms with Gasteiger partial charge >= 0.3 is 6.61 Å². The smallest absolute Gasteiger partial charge is 0.387 e. The molecule has 0 atom stereocenters. The van der Waals surface area contributed by atoms with E-state index in [1.54, 1.807) is 31.2 Å². The second-order valence-corrected chi connectivity index (χ2v) is 5.60. The van der Waals surface area contributed by atoms with Crippen LogP contribution in [0.3, 0.4) is 0 Å². The van der Waals surface area contributed by atoms with Gasteiger partial charge < -0.3 is 19.5 Å². The lowest BCUT2D eigenvalue weighted by Gasteiger charge is -2.12. The average Bonchev–Trinajstić information content (AvgIpc) is 2.69. The molecule has 6 nitrogen and oxygen atoms in total. The SMILES string of the molecule is CCOc1ccc(NC(=O)/C(C#N)=C/c2ccc(OC(F)F)c(OCC)c2)cc1. The number of carbonyl (C=O) groups is 1. The summed E-state index contributed by atoms with van der Waals surface area (Å²) in [6.45, 7) is 1.32. The number of benzene rings is 2. The van der Waals surface area contributed by atoms with Gasteiger partial charge in [-0.25, -0.2) is 0 Å². The number of hydrogen-bond acceptors (Lipinski definition) is 5. The quantitative estimate of drug-likeness (QED) is 0.489. The maximum Gasteiger partial charge on any atom is 0.387 e. The maximum atomic E-state index is 12.5. The van der Waals surface area contributed by atoms with Crippen LogP contribution < -0.4 is 19.5 Å². The topological polar surface area (TPSA) is 80.6 Å². The third-order valence-corrected chi connectivity index (χ3v) is 3.58. The summed E-state index contributed by atoms with van der Waals surface area (Å²) in [7, 11) is 0. The molecule has 0 bridgehead atoms. The van der Waals surface area contributed by atoms with Gasteiger partial charge in [0.1, 0.15) is 17.4 Å². The second kappa shape index (κ2) is 10.7. The molecule has 0 aliphatic heterocycles. The summed E-state index contributed by atoms with van der Waals surface area (Å²) in [5, 5.41) is 12.0. The van der Waals surface area contributed by atoms with E-state index in [2.05, 4.69) is 10.1 Å². The molecular formula is C21H20F2N2O4. The number of carbonyl (C=O) groups excluding carboxylic acids is 1. The van der Waals surface area contributed by atoms with Crippen molar-refractivity contribution in [3.05, 3.63) is 53.6 Å². The van der Waals surface area contributed by atoms with Gasteiger partial charge in [-0.2, -0.15) is 14.0 Å². The number of ether oxygens (including phenoxy) is 3. The van der Waals surface area contributed by atoms with Crippen LogP contribution in [0.15, 0.2) is 48.0 Å². The van der Waals surface area contributed by atoms with E-state index in [4.69, 9.17) is 9.47 Å². The van der Waals surface area contributed by atoms with Crippen LogP contribution in [0.1, 0.15) is 19.4 Å². The molecular weight excluding hydrogens is 382 g/mol. The number of amides is 1. The Morgan fingerprint density at radius 3 is 2.38 bits per heavy atom. The van der Waals surface area contributed by atoms with Crippen LogP contribution in [-0.2, 0) is 4.79 Å². The molecule has 0 spiro atoms. The fourth-order valence-electron chi connectivity index (χ4n) is 2.39. The van der Waals surface area contributed by atoms with Gasteiger partial charge in [-0.1, -0.05) is 6.07 Å². The Morgan fingerprint density at radius 1 is 1.10 bits per heavy atom. The molecule has 0 heterocycles. The Hall–Kier alpha value is -3.60. The van der Waals surface area contributed by atoms with Gasteiger partial charge in [0.05, 0.1) is 13.2 Å². The molecule has 0 aliphatic carbocycles. The summed E-state index contributed by atoms with van der Waals surface area (Å²) in [6, 6.07) is 12.7. The third kappa shape index (κ3) is 6.50. The summed E-state index contributed by atoms with van der Waals surface area (Å²) >= 11 is 0. The molecule has 152 valence electrons. The first-order valence-electron chi connectivity index (χ1n) is 8.84. The molecule has 29 heavy (non-hydrogen) atoms. The van der Waals surface area contributed by atoms with Crippen molar-refractivity contribution >= 4 is 17.7 Å². The van der Waals surface area contributed by atoms with Crippen molar-refractivity contribution in [2.75, 3.05) is 18.5 Å². The van der Waals surface area contributed by atoms with Crippen molar-refractivity contribution in [1.82, 2.24) is 0 Å². The minimum Gasteiger partial charge on any atom is -0.494 e. The predicted octanol–water partition coefficient (Wildman–Crippen LogP) is 4.63. The number of hydrogen-bond donors (Lipinski definition) is 1. The van der Waals surface area contributed by atoms with E-state index in [0.717, 1.165) is 0 Å². The van der Waals surface area contributed by atoms with Crippen molar-refractivity contribution in [2.45, 2.75) is 20.5 Å². The highest BCUT2D eigenvalue weighted by Gasteiger charge is 2.13. The Bertz CT molecular complexity index is 906. The maximum absolute atomic E-state index is 12.5. The Kier molecular flexibility index (Phi) is 7.98. The van der Waals surface area contributed by atoms with Crippen LogP contribution in [0.4, 0.5) is 14.5 Å². The largest absolute Gasteiger partial charge is 0.494 e. The second-order valence-electron chi connectivity index (χ2n) is 5.60. The number of halogens is 2. The minimum absolute atomic E-state index is 0.0887. The predicted molar refractivity (Wildman–Crippen MR) is 104 cm³/mol. The van der Waals surface area contributed by atoms with Gasteiger partial charge in [-0.15, -0.1) is 0 Å². The summed E-state index contributed by atoms with van der Waals surface area (Å²) < 4.78 is 40.0. The summed E-state index contributed by atoms with van der Waals surface area (Å²) in [5.74, 6) is 0.0146. The molecule has 0 aromatic heterocycles. The highest BCUT2D eigenvalue weighted by molar-refractivity contribution is 6.09. The Morgan fingerprint density at radius 2 is 1.79 bits per heavy atom. The summed E-state index contributed by atoms with van der Waals surface area (Å²) in [5.41, 5.74) is 0.757. The first kappa shape index (κ1) is 21.7. The highest BCUT2D eigenvalue weighted by atomic mass is 19.3. The zero-order chi connectivity index (χ0) is 21.2. The fourth-order valence-corrected chi connectivity index (χ4v) is 2.39. The molecule has 2 aromatic rings. The van der Waals surface area contributed by atoms with Gasteiger partial charge in [0.15, 0.2) is 11.5 Å². The average molecular weight is 402 g/mol. The van der Waals surface area contributed by atoms with E-state index in [1.807, 2.05) is 13.0 Å². The Balaban J connectivity index is 2.20. The van der Waals surface area contributed by atoms with Gasteiger partial charge in [0, 0.05) is 5.69 Å². The molecule has 0 saturated carbocycles. The number of nitriles is 1. The monoisotopic (exact) mass is 402 g/mol. The molecule has 1 N–H and O–H groups in total. The van der Waals surface area contributed by atoms with Crippen molar-refractivity contribution in [3.63, 3.8) is 0 Å². The van der Waals surface area contributed by atoms with Crippen LogP contribution in [0.5, 0.6) is 17.2 Å². The number of alkyl halides is 2. The van der Waals surface area contributed by atoms with Gasteiger partial charge in [0.25, 0.3) is 5.91 Å². The van der Waals surface area contributed by atoms with E-state index in [1.165, 1.54) is 24.3 Å². The molecule has 0 radical (unpaired) electrons. The summed E-state index contributed by atoms with van der Waals surface area (Å²) in [6.07, 6.45) is 1.33. The van der Waals surface area contributed by atoms with E-state index in [9.17, 15) is 18.8 Å². The van der Waals surface area contributed by atoms with Crippen molar-refractivity contribution in [1.29, 1.82) is 5.26 Å². The van der Waals surface area contributed by atoms with E-state index in [-0.39, 0.29) is 23.7 Å². The molecule has 2 aromatic carbocycles. The number of nitrogens with one attached hydrogen (secondary N) is 1. The fraction of sp³-hybridized carbons (Fsp3) is 0.238. The number of anilines is 1. The highest BCUT2D eigenvalue weighted by Crippen LogP contribution is 2.30. The normalized spacial score (nSPS) is 11.0. The van der Waals surface area contributed by atoms with Crippen molar-refractivity contribution in [2.24, 2.45) is 0 Å². The van der Waals surface area contributed by atoms with Crippen LogP contribution >= 0.6 is 0 Å². The molecule has 8 heteroatoms. The summed E-state index contributed by atoms with van der Waals surface area (Å²) in [4.78, 5) is 12.4. The standard InChI is InChI=1S/C21H20F2N2O4/c1-3-27-17-8-6-16(7-9-17)25-20(26)15(13-24)11-14-5-10-18(29-21(22)23)19(12-14)28-4-2/h5-12,21H,3-4H2,1-2H3,(H,25,26)/b15-11+. The first-order valence-corrected chi connectivity index (χ1v) is 8.84. The van der Waals surface area contributed by atoms with Gasteiger partial charge in [-0.3, -0.25) is 4.79 Å². The lowest BCUT2D eigenvalue weighted by molar-refractivity contribution is -0.112. The number of rotatable bonds is 9. The molecule has 0 aliphatic rings. The lowest BCUT2D eigenvalue weighted by Crippen LogP contribution is -2.13. The zero-order valence-corrected chi connectivity index (χ0v) is 15.9. The molecule has 1 amide bonds. The van der Waals surface area contributed by atoms with Gasteiger partial charge in [-0.05, 0) is 61.9 Å². The number of nitrogens with zero attached hydrogens (tertiary/aromatic N) is 1. The zero-order valence-electron chi connectivity index (χ0n) is 15.9. The van der Waals surface area contributed by atoms with Crippen molar-refractivity contribution < 1.29 is 27.8 Å². The van der Waals surface area contributed by atoms with E-state index < -0.39 is 12.5 Å². The van der Waals surface area contributed by atoms with E-state index in [0.29, 0.717) is 23.6 Å². The van der Waals surface area contributed by atoms with Crippen molar-refractivity contribution in [3.8, 4) is 23.3 Å². The van der Waals surface area contributed by atoms with Gasteiger partial charge in [0.2, 0.25) is 0 Å². The van der Waals surface area contributed by atoms with Crippen LogP contribution in [0.2, 0.25) is 0 Å². The van der Waals surface area contributed by atoms with Crippen LogP contribution in [0.25, 0.3) is 6.08 Å². The molecule has 2 rings (SSSR count). The first-order chi connectivity index (χ1) is 14.0. The van der Waals surface area contributed by atoms with Crippen LogP contribution in [-0.4, -0.2) is 25.7 Å².